The Morgan fingerprint density at radius 2 is 1.70 bits per heavy atom. The van der Waals surface area contributed by atoms with Gasteiger partial charge in [-0.3, -0.25) is 9.59 Å². The molecular weight excluding hydrogens is 294 g/mol. The van der Waals surface area contributed by atoms with Crippen LogP contribution >= 0.6 is 0 Å². The van der Waals surface area contributed by atoms with Crippen molar-refractivity contribution in [1.29, 1.82) is 0 Å². The molecule has 3 aromatic rings. The maximum atomic E-state index is 12.6. The third-order valence-electron chi connectivity index (χ3n) is 4.38. The van der Waals surface area contributed by atoms with E-state index in [1.807, 2.05) is 0 Å². The number of furan rings is 1. The lowest BCUT2D eigenvalue weighted by molar-refractivity contribution is 0.0730. The molecule has 5 heteroatoms. The molecule has 0 aliphatic carbocycles. The molecule has 1 aliphatic rings. The van der Waals surface area contributed by atoms with Crippen molar-refractivity contribution in [2.75, 3.05) is 13.1 Å². The second kappa shape index (κ2) is 5.57. The second-order valence-corrected chi connectivity index (χ2v) is 5.95. The molecule has 3 heterocycles. The number of rotatable bonds is 1. The summed E-state index contributed by atoms with van der Waals surface area (Å²) in [4.78, 5) is 26.9. The molecule has 1 saturated heterocycles. The second-order valence-electron chi connectivity index (χ2n) is 5.95. The van der Waals surface area contributed by atoms with Gasteiger partial charge in [-0.25, -0.2) is 0 Å². The van der Waals surface area contributed by atoms with Crippen LogP contribution in [0.15, 0.2) is 44.0 Å². The molecule has 118 valence electrons. The molecule has 4 rings (SSSR count). The number of carbonyl (C=O) groups excluding carboxylic acids is 1. The molecule has 0 atom stereocenters. The van der Waals surface area contributed by atoms with Gasteiger partial charge in [0.2, 0.25) is 5.43 Å². The molecule has 1 fully saturated rings. The van der Waals surface area contributed by atoms with Crippen molar-refractivity contribution in [2.45, 2.75) is 25.7 Å². The van der Waals surface area contributed by atoms with E-state index in [4.69, 9.17) is 8.83 Å². The molecule has 2 aromatic heterocycles. The predicted octanol–water partition coefficient (Wildman–Crippen LogP) is 3.56. The van der Waals surface area contributed by atoms with Crippen LogP contribution in [0.3, 0.4) is 0 Å². The van der Waals surface area contributed by atoms with Gasteiger partial charge in [0, 0.05) is 19.2 Å². The molecule has 5 nitrogen and oxygen atoms in total. The molecular formula is C18H17NO4. The van der Waals surface area contributed by atoms with E-state index >= 15 is 0 Å². The first-order chi connectivity index (χ1) is 11.2. The van der Waals surface area contributed by atoms with Crippen LogP contribution in [-0.2, 0) is 0 Å². The lowest BCUT2D eigenvalue weighted by atomic mass is 10.2. The summed E-state index contributed by atoms with van der Waals surface area (Å²) in [6.07, 6.45) is 4.31. The Bertz CT molecular complexity index is 929. The van der Waals surface area contributed by atoms with Crippen LogP contribution in [0.25, 0.3) is 22.1 Å². The topological polar surface area (TPSA) is 63.7 Å². The van der Waals surface area contributed by atoms with Crippen molar-refractivity contribution in [3.63, 3.8) is 0 Å². The normalized spacial score (nSPS) is 15.9. The number of benzene rings is 1. The zero-order valence-electron chi connectivity index (χ0n) is 12.7. The number of fused-ring (bicyclic) bond motifs is 2. The Morgan fingerprint density at radius 1 is 0.957 bits per heavy atom. The summed E-state index contributed by atoms with van der Waals surface area (Å²) in [5, 5.41) is 0.816. The number of likely N-dealkylation sites (tertiary alicyclic amines) is 1. The summed E-state index contributed by atoms with van der Waals surface area (Å²) in [6.45, 7) is 1.47. The van der Waals surface area contributed by atoms with Crippen LogP contribution in [0, 0.1) is 0 Å². The van der Waals surface area contributed by atoms with E-state index < -0.39 is 0 Å². The average molecular weight is 311 g/mol. The molecule has 0 unspecified atom stereocenters. The third kappa shape index (κ3) is 2.42. The van der Waals surface area contributed by atoms with Crippen molar-refractivity contribution >= 4 is 28.0 Å². The number of nitrogens with zero attached hydrogens (tertiary/aromatic N) is 1. The highest BCUT2D eigenvalue weighted by molar-refractivity contribution is 5.97. The third-order valence-corrected chi connectivity index (χ3v) is 4.38. The van der Waals surface area contributed by atoms with Gasteiger partial charge in [0.05, 0.1) is 5.39 Å². The summed E-state index contributed by atoms with van der Waals surface area (Å²) in [5.74, 6) is 0.131. The van der Waals surface area contributed by atoms with Crippen molar-refractivity contribution in [3.8, 4) is 0 Å². The highest BCUT2D eigenvalue weighted by atomic mass is 16.5. The monoisotopic (exact) mass is 311 g/mol. The van der Waals surface area contributed by atoms with Crippen LogP contribution in [0.5, 0.6) is 0 Å². The van der Waals surface area contributed by atoms with E-state index in [0.29, 0.717) is 16.4 Å². The lowest BCUT2D eigenvalue weighted by Crippen LogP contribution is -2.31. The average Bonchev–Trinajstić information content (AvgIpc) is 2.81. The van der Waals surface area contributed by atoms with Gasteiger partial charge in [0.1, 0.15) is 11.0 Å². The Kier molecular flexibility index (Phi) is 3.41. The van der Waals surface area contributed by atoms with Crippen molar-refractivity contribution in [2.24, 2.45) is 0 Å². The quantitative estimate of drug-likeness (QED) is 0.689. The Morgan fingerprint density at radius 3 is 2.48 bits per heavy atom. The maximum Gasteiger partial charge on any atom is 0.302 e. The zero-order valence-corrected chi connectivity index (χ0v) is 12.7. The summed E-state index contributed by atoms with van der Waals surface area (Å²) < 4.78 is 11.2. The van der Waals surface area contributed by atoms with Crippen LogP contribution in [0.2, 0.25) is 0 Å². The minimum Gasteiger partial charge on any atom is -0.425 e. The molecule has 1 aromatic carbocycles. The van der Waals surface area contributed by atoms with E-state index in [9.17, 15) is 9.59 Å². The molecule has 0 bridgehead atoms. The number of hydrogen-bond donors (Lipinski definition) is 0. The van der Waals surface area contributed by atoms with Gasteiger partial charge < -0.3 is 13.7 Å². The number of amides is 1. The van der Waals surface area contributed by atoms with E-state index in [1.54, 1.807) is 29.2 Å². The zero-order chi connectivity index (χ0) is 15.8. The van der Waals surface area contributed by atoms with Crippen LogP contribution < -0.4 is 5.43 Å². The van der Waals surface area contributed by atoms with Gasteiger partial charge in [-0.15, -0.1) is 0 Å². The first-order valence-electron chi connectivity index (χ1n) is 7.99. The van der Waals surface area contributed by atoms with Gasteiger partial charge >= 0.3 is 5.78 Å². The molecule has 0 N–H and O–H groups in total. The van der Waals surface area contributed by atoms with E-state index in [1.165, 1.54) is 6.07 Å². The summed E-state index contributed by atoms with van der Waals surface area (Å²) in [5.41, 5.74) is 0.300. The SMILES string of the molecule is O=C(c1cc2c(=O)c3ccccc3oc2o1)N1CCCCCC1. The Labute approximate surface area is 132 Å². The van der Waals surface area contributed by atoms with Gasteiger partial charge in [0.15, 0.2) is 5.76 Å². The maximum absolute atomic E-state index is 12.6. The minimum atomic E-state index is -0.166. The Balaban J connectivity index is 1.79. The molecule has 0 radical (unpaired) electrons. The predicted molar refractivity (Wildman–Crippen MR) is 86.6 cm³/mol. The van der Waals surface area contributed by atoms with Crippen molar-refractivity contribution in [3.05, 3.63) is 46.3 Å². The van der Waals surface area contributed by atoms with E-state index in [0.717, 1.165) is 38.8 Å². The fourth-order valence-corrected chi connectivity index (χ4v) is 3.13. The first-order valence-corrected chi connectivity index (χ1v) is 7.99. The molecule has 23 heavy (non-hydrogen) atoms. The highest BCUT2D eigenvalue weighted by Crippen LogP contribution is 2.23. The smallest absolute Gasteiger partial charge is 0.302 e. The summed E-state index contributed by atoms with van der Waals surface area (Å²) in [7, 11) is 0. The number of carbonyl (C=O) groups is 1. The van der Waals surface area contributed by atoms with E-state index in [-0.39, 0.29) is 22.9 Å². The van der Waals surface area contributed by atoms with Crippen molar-refractivity contribution in [1.82, 2.24) is 4.90 Å². The minimum absolute atomic E-state index is 0.117. The molecule has 1 amide bonds. The summed E-state index contributed by atoms with van der Waals surface area (Å²) in [6, 6.07) is 8.53. The first kappa shape index (κ1) is 14.1. The fraction of sp³-hybridized carbons (Fsp3) is 0.333. The molecule has 0 spiro atoms. The van der Waals surface area contributed by atoms with Crippen LogP contribution in [-0.4, -0.2) is 23.9 Å². The molecule has 1 aliphatic heterocycles. The number of hydrogen-bond acceptors (Lipinski definition) is 4. The fourth-order valence-electron chi connectivity index (χ4n) is 3.13. The summed E-state index contributed by atoms with van der Waals surface area (Å²) >= 11 is 0. The largest absolute Gasteiger partial charge is 0.425 e. The van der Waals surface area contributed by atoms with Gasteiger partial charge in [-0.1, -0.05) is 25.0 Å². The van der Waals surface area contributed by atoms with Gasteiger partial charge in [-0.05, 0) is 25.0 Å². The number of para-hydroxylation sites is 1. The highest BCUT2D eigenvalue weighted by Gasteiger charge is 2.23. The van der Waals surface area contributed by atoms with Gasteiger partial charge in [0.25, 0.3) is 5.91 Å². The Hall–Kier alpha value is -2.56. The van der Waals surface area contributed by atoms with Gasteiger partial charge in [-0.2, -0.15) is 0 Å². The van der Waals surface area contributed by atoms with Crippen LogP contribution in [0.1, 0.15) is 36.2 Å². The van der Waals surface area contributed by atoms with E-state index in [2.05, 4.69) is 0 Å². The standard InChI is InChI=1S/C18H17NO4/c20-16-12-7-3-4-8-14(12)22-18-13(16)11-15(23-18)17(21)19-9-5-1-2-6-10-19/h3-4,7-8,11H,1-2,5-6,9-10H2. The van der Waals surface area contributed by atoms with Crippen molar-refractivity contribution < 1.29 is 13.6 Å². The molecule has 0 saturated carbocycles. The van der Waals surface area contributed by atoms with Crippen LogP contribution in [0.4, 0.5) is 0 Å². The lowest BCUT2D eigenvalue weighted by Gasteiger charge is -2.18.